The fourth-order valence-corrected chi connectivity index (χ4v) is 2.16. The number of hydrogen-bond acceptors (Lipinski definition) is 2. The van der Waals surface area contributed by atoms with Crippen LogP contribution in [-0.2, 0) is 9.59 Å². The molecule has 0 saturated carbocycles. The monoisotopic (exact) mass is 329 g/mol. The second-order valence-corrected chi connectivity index (χ2v) is 5.55. The van der Waals surface area contributed by atoms with Crippen molar-refractivity contribution < 1.29 is 14.7 Å². The molecule has 1 aromatic rings. The highest BCUT2D eigenvalue weighted by Gasteiger charge is 2.24. The third kappa shape index (κ3) is 5.40. The average molecular weight is 330 g/mol. The van der Waals surface area contributed by atoms with Gasteiger partial charge < -0.3 is 10.4 Å². The van der Waals surface area contributed by atoms with Gasteiger partial charge in [-0.25, -0.2) is 4.79 Å². The Kier molecular flexibility index (Phi) is 6.72. The third-order valence-electron chi connectivity index (χ3n) is 3.15. The molecule has 0 heterocycles. The lowest BCUT2D eigenvalue weighted by Crippen LogP contribution is -2.44. The van der Waals surface area contributed by atoms with Crippen molar-refractivity contribution in [2.75, 3.05) is 0 Å². The zero-order valence-corrected chi connectivity index (χ0v) is 13.3. The number of nitrogens with one attached hydrogen (secondary N) is 1. The molecule has 1 aromatic carbocycles. The summed E-state index contributed by atoms with van der Waals surface area (Å²) in [6, 6.07) is 4.00. The quantitative estimate of drug-likeness (QED) is 0.783. The van der Waals surface area contributed by atoms with Gasteiger partial charge in [-0.3, -0.25) is 4.79 Å². The van der Waals surface area contributed by atoms with Gasteiger partial charge in [-0.05, 0) is 29.7 Å². The standard InChI is InChI=1S/C15H17Cl2NO3/c1-3-9(2)14(15(20)21)18-13(19)7-5-10-4-6-11(16)8-12(10)17/h4-9,14H,3H2,1-2H3,(H,18,19)(H,20,21)/b7-5+/t9-,14-/m0/s1. The molecule has 0 bridgehead atoms. The molecule has 0 aliphatic carbocycles. The molecule has 6 heteroatoms. The summed E-state index contributed by atoms with van der Waals surface area (Å²) in [4.78, 5) is 22.9. The van der Waals surface area contributed by atoms with E-state index in [1.165, 1.54) is 12.2 Å². The van der Waals surface area contributed by atoms with Crippen LogP contribution in [0.15, 0.2) is 24.3 Å². The molecule has 1 amide bonds. The molecule has 0 fully saturated rings. The number of amides is 1. The second-order valence-electron chi connectivity index (χ2n) is 4.71. The average Bonchev–Trinajstić information content (AvgIpc) is 2.42. The smallest absolute Gasteiger partial charge is 0.326 e. The van der Waals surface area contributed by atoms with Gasteiger partial charge in [-0.15, -0.1) is 0 Å². The van der Waals surface area contributed by atoms with Gasteiger partial charge in [0.1, 0.15) is 6.04 Å². The fraction of sp³-hybridized carbons (Fsp3) is 0.333. The van der Waals surface area contributed by atoms with Gasteiger partial charge in [0.15, 0.2) is 0 Å². The summed E-state index contributed by atoms with van der Waals surface area (Å²) in [6.45, 7) is 3.65. The van der Waals surface area contributed by atoms with Crippen LogP contribution < -0.4 is 5.32 Å². The highest BCUT2D eigenvalue weighted by molar-refractivity contribution is 6.35. The van der Waals surface area contributed by atoms with Crippen molar-refractivity contribution >= 4 is 41.2 Å². The van der Waals surface area contributed by atoms with E-state index >= 15 is 0 Å². The lowest BCUT2D eigenvalue weighted by Gasteiger charge is -2.19. The van der Waals surface area contributed by atoms with Gasteiger partial charge in [-0.1, -0.05) is 49.5 Å². The molecule has 4 nitrogen and oxygen atoms in total. The van der Waals surface area contributed by atoms with Crippen LogP contribution in [0.4, 0.5) is 0 Å². The SMILES string of the molecule is CC[C@H](C)[C@H](NC(=O)/C=C/c1ccc(Cl)cc1Cl)C(=O)O. The van der Waals surface area contributed by atoms with Crippen molar-refractivity contribution in [2.45, 2.75) is 26.3 Å². The van der Waals surface area contributed by atoms with Crippen molar-refractivity contribution in [3.63, 3.8) is 0 Å². The summed E-state index contributed by atoms with van der Waals surface area (Å²) in [5.41, 5.74) is 0.631. The normalized spacial score (nSPS) is 13.9. The zero-order valence-electron chi connectivity index (χ0n) is 11.8. The van der Waals surface area contributed by atoms with Gasteiger partial charge in [-0.2, -0.15) is 0 Å². The lowest BCUT2D eigenvalue weighted by atomic mass is 9.99. The van der Waals surface area contributed by atoms with Crippen molar-refractivity contribution in [2.24, 2.45) is 5.92 Å². The second kappa shape index (κ2) is 8.05. The van der Waals surface area contributed by atoms with Gasteiger partial charge in [0.2, 0.25) is 5.91 Å². The number of carboxylic acid groups (broad SMARTS) is 1. The number of aliphatic carboxylic acids is 1. The van der Waals surface area contributed by atoms with E-state index < -0.39 is 17.9 Å². The van der Waals surface area contributed by atoms with Gasteiger partial charge in [0, 0.05) is 16.1 Å². The van der Waals surface area contributed by atoms with Crippen LogP contribution in [0.1, 0.15) is 25.8 Å². The van der Waals surface area contributed by atoms with E-state index in [-0.39, 0.29) is 5.92 Å². The van der Waals surface area contributed by atoms with E-state index in [9.17, 15) is 9.59 Å². The van der Waals surface area contributed by atoms with Crippen molar-refractivity contribution in [3.8, 4) is 0 Å². The summed E-state index contributed by atoms with van der Waals surface area (Å²) < 4.78 is 0. The van der Waals surface area contributed by atoms with Crippen LogP contribution in [0.5, 0.6) is 0 Å². The Morgan fingerprint density at radius 3 is 2.57 bits per heavy atom. The van der Waals surface area contributed by atoms with E-state index in [1.807, 2.05) is 6.92 Å². The van der Waals surface area contributed by atoms with Crippen LogP contribution in [0.3, 0.4) is 0 Å². The first kappa shape index (κ1) is 17.5. The van der Waals surface area contributed by atoms with Gasteiger partial charge in [0.25, 0.3) is 0 Å². The van der Waals surface area contributed by atoms with E-state index in [1.54, 1.807) is 25.1 Å². The maximum absolute atomic E-state index is 11.8. The summed E-state index contributed by atoms with van der Waals surface area (Å²) in [7, 11) is 0. The lowest BCUT2D eigenvalue weighted by molar-refractivity contribution is -0.142. The van der Waals surface area contributed by atoms with Crippen LogP contribution in [-0.4, -0.2) is 23.0 Å². The molecule has 2 N–H and O–H groups in total. The molecule has 0 spiro atoms. The van der Waals surface area contributed by atoms with Crippen molar-refractivity contribution in [1.29, 1.82) is 0 Å². The molecule has 0 aromatic heterocycles. The largest absolute Gasteiger partial charge is 0.480 e. The molecule has 1 rings (SSSR count). The van der Waals surface area contributed by atoms with Gasteiger partial charge in [0.05, 0.1) is 0 Å². The minimum atomic E-state index is -1.05. The molecule has 114 valence electrons. The number of carbonyl (C=O) groups is 2. The predicted octanol–water partition coefficient (Wildman–Crippen LogP) is 3.62. The van der Waals surface area contributed by atoms with Gasteiger partial charge >= 0.3 is 5.97 Å². The van der Waals surface area contributed by atoms with Crippen molar-refractivity contribution in [1.82, 2.24) is 5.32 Å². The zero-order chi connectivity index (χ0) is 16.0. The summed E-state index contributed by atoms with van der Waals surface area (Å²) >= 11 is 11.8. The Bertz CT molecular complexity index is 558. The number of halogens is 2. The maximum atomic E-state index is 11.8. The van der Waals surface area contributed by atoms with Crippen LogP contribution in [0, 0.1) is 5.92 Å². The van der Waals surface area contributed by atoms with Crippen molar-refractivity contribution in [3.05, 3.63) is 39.9 Å². The first-order chi connectivity index (χ1) is 9.85. The molecule has 0 radical (unpaired) electrons. The Balaban J connectivity index is 2.76. The molecule has 21 heavy (non-hydrogen) atoms. The number of carboxylic acids is 1. The van der Waals surface area contributed by atoms with E-state index in [0.29, 0.717) is 22.0 Å². The molecule has 0 aliphatic rings. The van der Waals surface area contributed by atoms with Crippen LogP contribution in [0.25, 0.3) is 6.08 Å². The molecule has 2 atom stereocenters. The summed E-state index contributed by atoms with van der Waals surface area (Å²) in [5.74, 6) is -1.68. The molecule has 0 saturated heterocycles. The highest BCUT2D eigenvalue weighted by Crippen LogP contribution is 2.21. The predicted molar refractivity (Wildman–Crippen MR) is 84.5 cm³/mol. The topological polar surface area (TPSA) is 66.4 Å². The fourth-order valence-electron chi connectivity index (χ4n) is 1.69. The third-order valence-corrected chi connectivity index (χ3v) is 3.72. The van der Waals surface area contributed by atoms with E-state index in [4.69, 9.17) is 28.3 Å². The summed E-state index contributed by atoms with van der Waals surface area (Å²) in [5, 5.41) is 12.5. The molecular weight excluding hydrogens is 313 g/mol. The Labute approximate surface area is 133 Å². The minimum absolute atomic E-state index is 0.154. The Morgan fingerprint density at radius 2 is 2.05 bits per heavy atom. The first-order valence-corrected chi connectivity index (χ1v) is 7.27. The Morgan fingerprint density at radius 1 is 1.38 bits per heavy atom. The van der Waals surface area contributed by atoms with E-state index in [0.717, 1.165) is 0 Å². The minimum Gasteiger partial charge on any atom is -0.480 e. The molecular formula is C15H17Cl2NO3. The highest BCUT2D eigenvalue weighted by atomic mass is 35.5. The molecule has 0 aliphatic heterocycles. The maximum Gasteiger partial charge on any atom is 0.326 e. The van der Waals surface area contributed by atoms with Crippen LogP contribution in [0.2, 0.25) is 10.0 Å². The number of carbonyl (C=O) groups excluding carboxylic acids is 1. The number of hydrogen-bond donors (Lipinski definition) is 2. The number of rotatable bonds is 6. The molecule has 0 unspecified atom stereocenters. The van der Waals surface area contributed by atoms with E-state index in [2.05, 4.69) is 5.32 Å². The first-order valence-electron chi connectivity index (χ1n) is 6.51. The summed E-state index contributed by atoms with van der Waals surface area (Å²) in [6.07, 6.45) is 3.43. The Hall–Kier alpha value is -1.52. The number of benzene rings is 1. The van der Waals surface area contributed by atoms with Crippen LogP contribution >= 0.6 is 23.2 Å².